The second-order valence-electron chi connectivity index (χ2n) is 5.17. The molecule has 114 valence electrons. The standard InChI is InChI=1S/C15H17ClFNO3/c1-21-15(20)9-2-5-11(6-3-9)18-14(19)12-7-4-10(17)8-13(12)16/h4,7-9,11H,2-3,5-6H2,1H3,(H,18,19). The highest BCUT2D eigenvalue weighted by Gasteiger charge is 2.28. The molecule has 21 heavy (non-hydrogen) atoms. The number of carbonyl (C=O) groups is 2. The monoisotopic (exact) mass is 313 g/mol. The minimum absolute atomic E-state index is 0.000439. The Morgan fingerprint density at radius 3 is 2.52 bits per heavy atom. The average molecular weight is 314 g/mol. The maximum absolute atomic E-state index is 13.0. The maximum atomic E-state index is 13.0. The van der Waals surface area contributed by atoms with Crippen molar-refractivity contribution in [2.45, 2.75) is 31.7 Å². The van der Waals surface area contributed by atoms with E-state index in [0.29, 0.717) is 25.7 Å². The molecule has 1 saturated carbocycles. The van der Waals surface area contributed by atoms with Gasteiger partial charge in [-0.2, -0.15) is 0 Å². The third-order valence-electron chi connectivity index (χ3n) is 3.77. The summed E-state index contributed by atoms with van der Waals surface area (Å²) in [5.74, 6) is -1.07. The molecule has 1 amide bonds. The summed E-state index contributed by atoms with van der Waals surface area (Å²) in [6.07, 6.45) is 2.80. The highest BCUT2D eigenvalue weighted by atomic mass is 35.5. The first-order chi connectivity index (χ1) is 10.0. The number of ether oxygens (including phenoxy) is 1. The van der Waals surface area contributed by atoms with Crippen LogP contribution in [0, 0.1) is 11.7 Å². The Hall–Kier alpha value is -1.62. The molecule has 2 rings (SSSR count). The zero-order valence-electron chi connectivity index (χ0n) is 11.7. The van der Waals surface area contributed by atoms with Crippen molar-refractivity contribution < 1.29 is 18.7 Å². The molecule has 1 fully saturated rings. The van der Waals surface area contributed by atoms with Crippen LogP contribution in [0.4, 0.5) is 4.39 Å². The van der Waals surface area contributed by atoms with E-state index in [4.69, 9.17) is 16.3 Å². The third kappa shape index (κ3) is 3.94. The average Bonchev–Trinajstić information content (AvgIpc) is 2.47. The van der Waals surface area contributed by atoms with Gasteiger partial charge in [0.05, 0.1) is 23.6 Å². The van der Waals surface area contributed by atoms with Gasteiger partial charge in [0.15, 0.2) is 0 Å². The Morgan fingerprint density at radius 2 is 1.95 bits per heavy atom. The fourth-order valence-electron chi connectivity index (χ4n) is 2.58. The van der Waals surface area contributed by atoms with Gasteiger partial charge in [0.2, 0.25) is 0 Å². The summed E-state index contributed by atoms with van der Waals surface area (Å²) in [6.45, 7) is 0. The van der Waals surface area contributed by atoms with E-state index in [1.54, 1.807) is 0 Å². The van der Waals surface area contributed by atoms with E-state index in [1.807, 2.05) is 0 Å². The van der Waals surface area contributed by atoms with Crippen LogP contribution >= 0.6 is 11.6 Å². The fraction of sp³-hybridized carbons (Fsp3) is 0.467. The van der Waals surface area contributed by atoms with Crippen LogP contribution in [0.1, 0.15) is 36.0 Å². The van der Waals surface area contributed by atoms with Gasteiger partial charge < -0.3 is 10.1 Å². The van der Waals surface area contributed by atoms with Gasteiger partial charge in [-0.05, 0) is 43.9 Å². The summed E-state index contributed by atoms with van der Waals surface area (Å²) in [5, 5.41) is 2.97. The Morgan fingerprint density at radius 1 is 1.29 bits per heavy atom. The lowest BCUT2D eigenvalue weighted by Crippen LogP contribution is -2.39. The molecule has 6 heteroatoms. The predicted molar refractivity (Wildman–Crippen MR) is 76.6 cm³/mol. The number of methoxy groups -OCH3 is 1. The second kappa shape index (κ2) is 6.89. The quantitative estimate of drug-likeness (QED) is 0.873. The van der Waals surface area contributed by atoms with Gasteiger partial charge >= 0.3 is 5.97 Å². The van der Waals surface area contributed by atoms with Crippen LogP contribution in [0.25, 0.3) is 0 Å². The molecule has 0 bridgehead atoms. The summed E-state index contributed by atoms with van der Waals surface area (Å²) in [6, 6.07) is 3.69. The maximum Gasteiger partial charge on any atom is 0.308 e. The van der Waals surface area contributed by atoms with Crippen LogP contribution in [0.5, 0.6) is 0 Å². The van der Waals surface area contributed by atoms with Crippen LogP contribution in [0.3, 0.4) is 0 Å². The zero-order chi connectivity index (χ0) is 15.4. The predicted octanol–water partition coefficient (Wildman–Crippen LogP) is 2.94. The lowest BCUT2D eigenvalue weighted by molar-refractivity contribution is -0.146. The molecular formula is C15H17ClFNO3. The first-order valence-electron chi connectivity index (χ1n) is 6.85. The molecule has 1 aliphatic carbocycles. The van der Waals surface area contributed by atoms with E-state index in [-0.39, 0.29) is 34.4 Å². The van der Waals surface area contributed by atoms with Gasteiger partial charge in [-0.1, -0.05) is 11.6 Å². The summed E-state index contributed by atoms with van der Waals surface area (Å²) < 4.78 is 17.7. The van der Waals surface area contributed by atoms with Gasteiger partial charge in [0.1, 0.15) is 5.82 Å². The largest absolute Gasteiger partial charge is 0.469 e. The van der Waals surface area contributed by atoms with Gasteiger partial charge in [0, 0.05) is 6.04 Å². The molecule has 0 spiro atoms. The van der Waals surface area contributed by atoms with E-state index in [2.05, 4.69) is 5.32 Å². The Kier molecular flexibility index (Phi) is 5.17. The van der Waals surface area contributed by atoms with E-state index < -0.39 is 5.82 Å². The molecule has 1 N–H and O–H groups in total. The number of benzene rings is 1. The molecule has 1 aromatic rings. The summed E-state index contributed by atoms with van der Waals surface area (Å²) in [7, 11) is 1.38. The van der Waals surface area contributed by atoms with Gasteiger partial charge in [-0.15, -0.1) is 0 Å². The van der Waals surface area contributed by atoms with E-state index in [0.717, 1.165) is 6.07 Å². The SMILES string of the molecule is COC(=O)C1CCC(NC(=O)c2ccc(F)cc2Cl)CC1. The van der Waals surface area contributed by atoms with Crippen molar-refractivity contribution >= 4 is 23.5 Å². The molecule has 1 aromatic carbocycles. The number of esters is 1. The lowest BCUT2D eigenvalue weighted by Gasteiger charge is -2.27. The number of rotatable bonds is 3. The highest BCUT2D eigenvalue weighted by Crippen LogP contribution is 2.26. The van der Waals surface area contributed by atoms with Gasteiger partial charge in [0.25, 0.3) is 5.91 Å². The Bertz CT molecular complexity index is 542. The van der Waals surface area contributed by atoms with Crippen molar-refractivity contribution in [2.24, 2.45) is 5.92 Å². The normalized spacial score (nSPS) is 21.7. The zero-order valence-corrected chi connectivity index (χ0v) is 12.5. The molecule has 0 radical (unpaired) electrons. The van der Waals surface area contributed by atoms with E-state index in [1.165, 1.54) is 19.2 Å². The summed E-state index contributed by atoms with van der Waals surface area (Å²) in [5.41, 5.74) is 0.258. The number of carbonyl (C=O) groups excluding carboxylic acids is 2. The van der Waals surface area contributed by atoms with E-state index >= 15 is 0 Å². The molecule has 0 atom stereocenters. The van der Waals surface area contributed by atoms with Crippen molar-refractivity contribution in [3.8, 4) is 0 Å². The van der Waals surface area contributed by atoms with Crippen molar-refractivity contribution in [1.82, 2.24) is 5.32 Å². The van der Waals surface area contributed by atoms with Gasteiger partial charge in [-0.25, -0.2) is 4.39 Å². The van der Waals surface area contributed by atoms with Crippen LogP contribution < -0.4 is 5.32 Å². The van der Waals surface area contributed by atoms with Crippen molar-refractivity contribution in [1.29, 1.82) is 0 Å². The number of hydrogen-bond acceptors (Lipinski definition) is 3. The molecule has 0 unspecified atom stereocenters. The smallest absolute Gasteiger partial charge is 0.308 e. The first kappa shape index (κ1) is 15.8. The van der Waals surface area contributed by atoms with Crippen molar-refractivity contribution in [3.63, 3.8) is 0 Å². The minimum Gasteiger partial charge on any atom is -0.469 e. The molecule has 1 aliphatic rings. The topological polar surface area (TPSA) is 55.4 Å². The molecule has 0 heterocycles. The second-order valence-corrected chi connectivity index (χ2v) is 5.58. The van der Waals surface area contributed by atoms with Crippen LogP contribution in [0.15, 0.2) is 18.2 Å². The number of nitrogens with one attached hydrogen (secondary N) is 1. The van der Waals surface area contributed by atoms with Crippen molar-refractivity contribution in [2.75, 3.05) is 7.11 Å². The van der Waals surface area contributed by atoms with Crippen LogP contribution in [-0.4, -0.2) is 25.0 Å². The fourth-order valence-corrected chi connectivity index (χ4v) is 2.83. The number of halogens is 2. The van der Waals surface area contributed by atoms with Gasteiger partial charge in [-0.3, -0.25) is 9.59 Å². The first-order valence-corrected chi connectivity index (χ1v) is 7.22. The Balaban J connectivity index is 1.91. The third-order valence-corrected chi connectivity index (χ3v) is 4.09. The van der Waals surface area contributed by atoms with Crippen LogP contribution in [-0.2, 0) is 9.53 Å². The lowest BCUT2D eigenvalue weighted by atomic mass is 9.86. The molecular weight excluding hydrogens is 297 g/mol. The van der Waals surface area contributed by atoms with Crippen LogP contribution in [0.2, 0.25) is 5.02 Å². The van der Waals surface area contributed by atoms with Crippen molar-refractivity contribution in [3.05, 3.63) is 34.6 Å². The Labute approximate surface area is 127 Å². The number of amides is 1. The molecule has 0 saturated heterocycles. The van der Waals surface area contributed by atoms with E-state index in [9.17, 15) is 14.0 Å². The molecule has 0 aromatic heterocycles. The summed E-state index contributed by atoms with van der Waals surface area (Å²) >= 11 is 5.86. The minimum atomic E-state index is -0.477. The highest BCUT2D eigenvalue weighted by molar-refractivity contribution is 6.33. The molecule has 4 nitrogen and oxygen atoms in total. The molecule has 0 aliphatic heterocycles. The number of hydrogen-bond donors (Lipinski definition) is 1. The summed E-state index contributed by atoms with van der Waals surface area (Å²) in [4.78, 5) is 23.5.